The second-order valence-corrected chi connectivity index (χ2v) is 8.08. The number of halogens is 1. The first-order chi connectivity index (χ1) is 13.0. The molecule has 0 radical (unpaired) electrons. The van der Waals surface area contributed by atoms with Gasteiger partial charge in [0, 0.05) is 51.2 Å². The van der Waals surface area contributed by atoms with Crippen molar-refractivity contribution in [2.24, 2.45) is 4.99 Å². The van der Waals surface area contributed by atoms with Crippen LogP contribution in [-0.4, -0.2) is 86.2 Å². The van der Waals surface area contributed by atoms with Crippen molar-refractivity contribution in [3.63, 3.8) is 0 Å². The summed E-state index contributed by atoms with van der Waals surface area (Å²) in [5.41, 5.74) is 0.0185. The van der Waals surface area contributed by atoms with Crippen LogP contribution in [0.15, 0.2) is 4.99 Å². The lowest BCUT2D eigenvalue weighted by Crippen LogP contribution is -2.52. The van der Waals surface area contributed by atoms with Crippen molar-refractivity contribution in [1.29, 1.82) is 0 Å². The average molecular weight is 509 g/mol. The van der Waals surface area contributed by atoms with Crippen molar-refractivity contribution in [3.8, 4) is 0 Å². The number of guanidine groups is 1. The molecule has 28 heavy (non-hydrogen) atoms. The lowest BCUT2D eigenvalue weighted by Gasteiger charge is -2.39. The Labute approximate surface area is 188 Å². The summed E-state index contributed by atoms with van der Waals surface area (Å²) in [6, 6.07) is 0. The fourth-order valence-electron chi connectivity index (χ4n) is 3.63. The molecule has 0 atom stereocenters. The van der Waals surface area contributed by atoms with Crippen LogP contribution in [0.5, 0.6) is 0 Å². The van der Waals surface area contributed by atoms with Crippen LogP contribution in [0.1, 0.15) is 52.9 Å². The molecule has 2 aliphatic rings. The van der Waals surface area contributed by atoms with E-state index in [4.69, 9.17) is 9.73 Å². The fourth-order valence-corrected chi connectivity index (χ4v) is 3.63. The molecule has 2 fully saturated rings. The van der Waals surface area contributed by atoms with E-state index in [0.717, 1.165) is 84.2 Å². The van der Waals surface area contributed by atoms with Crippen LogP contribution >= 0.6 is 24.0 Å². The number of hydrogen-bond donors (Lipinski definition) is 2. The van der Waals surface area contributed by atoms with E-state index in [2.05, 4.69) is 36.3 Å². The van der Waals surface area contributed by atoms with Gasteiger partial charge in [0.15, 0.2) is 5.96 Å². The maximum Gasteiger partial charge on any atom is 0.222 e. The highest BCUT2D eigenvalue weighted by atomic mass is 127. The van der Waals surface area contributed by atoms with Crippen LogP contribution in [-0.2, 0) is 9.53 Å². The Hall–Kier alpha value is -0.610. The number of nitrogens with zero attached hydrogens (tertiary/aromatic N) is 3. The van der Waals surface area contributed by atoms with E-state index >= 15 is 0 Å². The standard InChI is InChI=1S/C20H39N5O2.HI/c1-4-21-19(23-17-20(2,3)25-13-15-27-16-14-25)22-10-8-12-24-11-7-5-6-9-18(24)26;/h4-17H2,1-3H3,(H2,21,22,23);1H. The molecule has 164 valence electrons. The Bertz CT molecular complexity index is 481. The minimum Gasteiger partial charge on any atom is -0.379 e. The minimum absolute atomic E-state index is 0. The number of carbonyl (C=O) groups is 1. The van der Waals surface area contributed by atoms with Gasteiger partial charge in [-0.15, -0.1) is 24.0 Å². The van der Waals surface area contributed by atoms with Crippen molar-refractivity contribution in [1.82, 2.24) is 20.4 Å². The molecule has 1 amide bonds. The molecule has 2 heterocycles. The molecule has 0 unspecified atom stereocenters. The van der Waals surface area contributed by atoms with Crippen molar-refractivity contribution >= 4 is 35.8 Å². The summed E-state index contributed by atoms with van der Waals surface area (Å²) in [5, 5.41) is 6.75. The first-order valence-corrected chi connectivity index (χ1v) is 10.7. The number of amides is 1. The van der Waals surface area contributed by atoms with Gasteiger partial charge in [-0.3, -0.25) is 14.7 Å². The van der Waals surface area contributed by atoms with Gasteiger partial charge in [0.2, 0.25) is 5.91 Å². The molecule has 0 aliphatic carbocycles. The summed E-state index contributed by atoms with van der Waals surface area (Å²) in [7, 11) is 0. The van der Waals surface area contributed by atoms with Crippen molar-refractivity contribution in [2.45, 2.75) is 58.4 Å². The SMILES string of the molecule is CCNC(=NCC(C)(C)N1CCOCC1)NCCCN1CCCCCC1=O.I. The van der Waals surface area contributed by atoms with Crippen LogP contribution in [0.3, 0.4) is 0 Å². The van der Waals surface area contributed by atoms with Gasteiger partial charge >= 0.3 is 0 Å². The molecule has 0 aromatic heterocycles. The zero-order chi connectivity index (χ0) is 19.5. The van der Waals surface area contributed by atoms with Gasteiger partial charge in [-0.25, -0.2) is 0 Å². The third kappa shape index (κ3) is 8.82. The van der Waals surface area contributed by atoms with E-state index in [9.17, 15) is 4.79 Å². The largest absolute Gasteiger partial charge is 0.379 e. The topological polar surface area (TPSA) is 69.2 Å². The van der Waals surface area contributed by atoms with E-state index < -0.39 is 0 Å². The Balaban J connectivity index is 0.00000392. The van der Waals surface area contributed by atoms with Gasteiger partial charge in [0.1, 0.15) is 0 Å². The second-order valence-electron chi connectivity index (χ2n) is 8.08. The Morgan fingerprint density at radius 2 is 1.89 bits per heavy atom. The number of rotatable bonds is 8. The van der Waals surface area contributed by atoms with Crippen LogP contribution in [0, 0.1) is 0 Å². The van der Waals surface area contributed by atoms with Crippen LogP contribution in [0.2, 0.25) is 0 Å². The number of hydrogen-bond acceptors (Lipinski definition) is 4. The quantitative estimate of drug-likeness (QED) is 0.227. The predicted octanol–water partition coefficient (Wildman–Crippen LogP) is 2.06. The van der Waals surface area contributed by atoms with Crippen molar-refractivity contribution in [2.75, 3.05) is 59.0 Å². The number of aliphatic imine (C=N–C) groups is 1. The van der Waals surface area contributed by atoms with Crippen LogP contribution in [0.4, 0.5) is 0 Å². The highest BCUT2D eigenvalue weighted by Crippen LogP contribution is 2.16. The van der Waals surface area contributed by atoms with Crippen LogP contribution in [0.25, 0.3) is 0 Å². The third-order valence-corrected chi connectivity index (χ3v) is 5.40. The van der Waals surface area contributed by atoms with Gasteiger partial charge in [-0.1, -0.05) is 6.42 Å². The highest BCUT2D eigenvalue weighted by Gasteiger charge is 2.28. The Kier molecular flexibility index (Phi) is 12.3. The molecule has 7 nitrogen and oxygen atoms in total. The van der Waals surface area contributed by atoms with Crippen molar-refractivity contribution in [3.05, 3.63) is 0 Å². The van der Waals surface area contributed by atoms with Crippen LogP contribution < -0.4 is 10.6 Å². The smallest absolute Gasteiger partial charge is 0.222 e. The molecule has 2 N–H and O–H groups in total. The average Bonchev–Trinajstić information content (AvgIpc) is 2.88. The number of likely N-dealkylation sites (tertiary alicyclic amines) is 1. The summed E-state index contributed by atoms with van der Waals surface area (Å²) in [6.45, 7) is 14.3. The van der Waals surface area contributed by atoms with Crippen molar-refractivity contribution < 1.29 is 9.53 Å². The van der Waals surface area contributed by atoms with Gasteiger partial charge in [-0.05, 0) is 40.0 Å². The van der Waals surface area contributed by atoms with Gasteiger partial charge in [-0.2, -0.15) is 0 Å². The number of ether oxygens (including phenoxy) is 1. The molecule has 0 aromatic rings. The summed E-state index contributed by atoms with van der Waals surface area (Å²) in [6.07, 6.45) is 5.03. The highest BCUT2D eigenvalue weighted by molar-refractivity contribution is 14.0. The van der Waals surface area contributed by atoms with E-state index in [1.54, 1.807) is 0 Å². The molecule has 2 rings (SSSR count). The number of nitrogens with one attached hydrogen (secondary N) is 2. The molecule has 0 aromatic carbocycles. The molecule has 2 saturated heterocycles. The van der Waals surface area contributed by atoms with Gasteiger partial charge in [0.25, 0.3) is 0 Å². The van der Waals surface area contributed by atoms with E-state index in [1.807, 2.05) is 4.90 Å². The van der Waals surface area contributed by atoms with Gasteiger partial charge < -0.3 is 20.3 Å². The zero-order valence-electron chi connectivity index (χ0n) is 18.0. The maximum atomic E-state index is 12.1. The van der Waals surface area contributed by atoms with E-state index in [0.29, 0.717) is 12.3 Å². The first-order valence-electron chi connectivity index (χ1n) is 10.7. The lowest BCUT2D eigenvalue weighted by molar-refractivity contribution is -0.130. The minimum atomic E-state index is 0. The molecular formula is C20H40IN5O2. The molecular weight excluding hydrogens is 469 g/mol. The predicted molar refractivity (Wildman–Crippen MR) is 126 cm³/mol. The summed E-state index contributed by atoms with van der Waals surface area (Å²) >= 11 is 0. The molecule has 0 spiro atoms. The third-order valence-electron chi connectivity index (χ3n) is 5.40. The van der Waals surface area contributed by atoms with Gasteiger partial charge in [0.05, 0.1) is 19.8 Å². The number of carbonyl (C=O) groups excluding carboxylic acids is 1. The molecule has 0 bridgehead atoms. The fraction of sp³-hybridized carbons (Fsp3) is 0.900. The summed E-state index contributed by atoms with van der Waals surface area (Å²) < 4.78 is 5.46. The second kappa shape index (κ2) is 13.6. The first kappa shape index (κ1) is 25.4. The molecule has 0 saturated carbocycles. The maximum absolute atomic E-state index is 12.1. The Morgan fingerprint density at radius 1 is 1.14 bits per heavy atom. The lowest BCUT2D eigenvalue weighted by atomic mass is 10.0. The summed E-state index contributed by atoms with van der Waals surface area (Å²) in [4.78, 5) is 21.4. The van der Waals surface area contributed by atoms with E-state index in [1.165, 1.54) is 6.42 Å². The number of morpholine rings is 1. The zero-order valence-corrected chi connectivity index (χ0v) is 20.3. The Morgan fingerprint density at radius 3 is 2.61 bits per heavy atom. The molecule has 8 heteroatoms. The monoisotopic (exact) mass is 509 g/mol. The molecule has 2 aliphatic heterocycles. The van der Waals surface area contributed by atoms with E-state index in [-0.39, 0.29) is 29.5 Å². The normalized spacial score (nSPS) is 19.8. The summed E-state index contributed by atoms with van der Waals surface area (Å²) in [5.74, 6) is 1.18.